The zero-order chi connectivity index (χ0) is 10.5. The maximum Gasteiger partial charge on any atom is 0.00975 e. The fourth-order valence-corrected chi connectivity index (χ4v) is 1.52. The van der Waals surface area contributed by atoms with E-state index >= 15 is 0 Å². The molecule has 0 aromatic heterocycles. The Morgan fingerprint density at radius 2 is 1.85 bits per heavy atom. The van der Waals surface area contributed by atoms with Crippen molar-refractivity contribution >= 4 is 0 Å². The van der Waals surface area contributed by atoms with Gasteiger partial charge in [0.1, 0.15) is 0 Å². The lowest BCUT2D eigenvalue weighted by atomic mass is 10.00. The average Bonchev–Trinajstić information content (AvgIpc) is 1.81. The highest BCUT2D eigenvalue weighted by molar-refractivity contribution is 4.71. The molecule has 0 bridgehead atoms. The Balaban J connectivity index is 3.42. The highest BCUT2D eigenvalue weighted by Gasteiger charge is 2.10. The van der Waals surface area contributed by atoms with Crippen molar-refractivity contribution in [1.82, 2.24) is 4.90 Å². The molecule has 2 heteroatoms. The number of nitrogens with zero attached hydrogens (tertiary/aromatic N) is 1. The Hall–Kier alpha value is -0.0800. The van der Waals surface area contributed by atoms with Crippen molar-refractivity contribution in [3.63, 3.8) is 0 Å². The molecule has 2 N–H and O–H groups in total. The normalized spacial score (nSPS) is 12.9. The summed E-state index contributed by atoms with van der Waals surface area (Å²) in [4.78, 5) is 2.39. The third-order valence-electron chi connectivity index (χ3n) is 2.04. The van der Waals surface area contributed by atoms with E-state index in [9.17, 15) is 0 Å². The lowest BCUT2D eigenvalue weighted by molar-refractivity contribution is 0.279. The second-order valence-corrected chi connectivity index (χ2v) is 5.25. The Bertz CT molecular complexity index is 125. The number of rotatable bonds is 6. The molecule has 0 rings (SSSR count). The van der Waals surface area contributed by atoms with Gasteiger partial charge in [-0.2, -0.15) is 0 Å². The van der Waals surface area contributed by atoms with Gasteiger partial charge in [0.15, 0.2) is 0 Å². The summed E-state index contributed by atoms with van der Waals surface area (Å²) >= 11 is 0. The predicted octanol–water partition coefficient (Wildman–Crippen LogP) is 2.09. The molecular weight excluding hydrogens is 160 g/mol. The monoisotopic (exact) mass is 186 g/mol. The molecule has 0 amide bonds. The molecule has 0 heterocycles. The summed E-state index contributed by atoms with van der Waals surface area (Å²) in [5.74, 6) is 0.760. The summed E-state index contributed by atoms with van der Waals surface area (Å²) in [5.41, 5.74) is 5.90. The molecule has 80 valence electrons. The van der Waals surface area contributed by atoms with E-state index in [1.807, 2.05) is 0 Å². The van der Waals surface area contributed by atoms with Crippen LogP contribution < -0.4 is 5.73 Å². The summed E-state index contributed by atoms with van der Waals surface area (Å²) in [7, 11) is 2.18. The van der Waals surface area contributed by atoms with E-state index in [-0.39, 0.29) is 5.54 Å². The van der Waals surface area contributed by atoms with Gasteiger partial charge in [-0.25, -0.2) is 0 Å². The summed E-state index contributed by atoms with van der Waals surface area (Å²) in [6.45, 7) is 11.0. The van der Waals surface area contributed by atoms with E-state index in [1.165, 1.54) is 19.5 Å². The number of hydrogen-bond acceptors (Lipinski definition) is 2. The van der Waals surface area contributed by atoms with Gasteiger partial charge in [-0.15, -0.1) is 0 Å². The molecule has 0 fully saturated rings. The van der Waals surface area contributed by atoms with Gasteiger partial charge >= 0.3 is 0 Å². The van der Waals surface area contributed by atoms with Gasteiger partial charge in [-0.05, 0) is 46.2 Å². The quantitative estimate of drug-likeness (QED) is 0.688. The molecule has 13 heavy (non-hydrogen) atoms. The van der Waals surface area contributed by atoms with Crippen LogP contribution >= 0.6 is 0 Å². The van der Waals surface area contributed by atoms with Gasteiger partial charge in [0, 0.05) is 12.1 Å². The Morgan fingerprint density at radius 3 is 2.23 bits per heavy atom. The first-order valence-corrected chi connectivity index (χ1v) is 5.28. The van der Waals surface area contributed by atoms with Crippen molar-refractivity contribution < 1.29 is 0 Å². The maximum atomic E-state index is 5.90. The Labute approximate surface area is 83.5 Å². The first-order valence-electron chi connectivity index (χ1n) is 5.28. The zero-order valence-corrected chi connectivity index (χ0v) is 9.93. The molecule has 0 spiro atoms. The van der Waals surface area contributed by atoms with Crippen molar-refractivity contribution in [2.75, 3.05) is 20.1 Å². The molecule has 0 saturated heterocycles. The lowest BCUT2D eigenvalue weighted by Gasteiger charge is -2.22. The topological polar surface area (TPSA) is 29.3 Å². The van der Waals surface area contributed by atoms with Crippen LogP contribution in [0, 0.1) is 5.92 Å². The third kappa shape index (κ3) is 9.84. The summed E-state index contributed by atoms with van der Waals surface area (Å²) < 4.78 is 0. The molecule has 0 aliphatic heterocycles. The van der Waals surface area contributed by atoms with Crippen molar-refractivity contribution in [2.24, 2.45) is 11.7 Å². The van der Waals surface area contributed by atoms with Gasteiger partial charge in [0.25, 0.3) is 0 Å². The molecule has 0 aliphatic carbocycles. The van der Waals surface area contributed by atoms with Crippen molar-refractivity contribution in [2.45, 2.75) is 46.1 Å². The average molecular weight is 186 g/mol. The second kappa shape index (κ2) is 5.61. The first-order chi connectivity index (χ1) is 5.81. The maximum absolute atomic E-state index is 5.90. The predicted molar refractivity (Wildman–Crippen MR) is 59.8 cm³/mol. The van der Waals surface area contributed by atoms with Crippen LogP contribution in [0.25, 0.3) is 0 Å². The minimum absolute atomic E-state index is 0.00132. The van der Waals surface area contributed by atoms with Crippen LogP contribution in [0.5, 0.6) is 0 Å². The van der Waals surface area contributed by atoms with Crippen LogP contribution in [0.1, 0.15) is 40.5 Å². The van der Waals surface area contributed by atoms with Crippen LogP contribution in [0.2, 0.25) is 0 Å². The Morgan fingerprint density at radius 1 is 1.31 bits per heavy atom. The zero-order valence-electron chi connectivity index (χ0n) is 9.93. The van der Waals surface area contributed by atoms with E-state index in [2.05, 4.69) is 39.6 Å². The smallest absolute Gasteiger partial charge is 0.00975 e. The Kier molecular flexibility index (Phi) is 5.57. The minimum Gasteiger partial charge on any atom is -0.326 e. The van der Waals surface area contributed by atoms with E-state index in [0.717, 1.165) is 12.3 Å². The van der Waals surface area contributed by atoms with Crippen molar-refractivity contribution in [3.8, 4) is 0 Å². The SMILES string of the molecule is CC(C)CN(C)CCCC(C)(C)N. The van der Waals surface area contributed by atoms with Crippen LogP contribution in [0.15, 0.2) is 0 Å². The number of nitrogens with two attached hydrogens (primary N) is 1. The van der Waals surface area contributed by atoms with Gasteiger partial charge in [0.05, 0.1) is 0 Å². The van der Waals surface area contributed by atoms with E-state index < -0.39 is 0 Å². The van der Waals surface area contributed by atoms with Crippen LogP contribution in [0.3, 0.4) is 0 Å². The third-order valence-corrected chi connectivity index (χ3v) is 2.04. The summed E-state index contributed by atoms with van der Waals surface area (Å²) in [6.07, 6.45) is 2.31. The van der Waals surface area contributed by atoms with Crippen LogP contribution in [-0.2, 0) is 0 Å². The van der Waals surface area contributed by atoms with E-state index in [4.69, 9.17) is 5.73 Å². The lowest BCUT2D eigenvalue weighted by Crippen LogP contribution is -2.33. The van der Waals surface area contributed by atoms with E-state index in [1.54, 1.807) is 0 Å². The standard InChI is InChI=1S/C11H26N2/c1-10(2)9-13(5)8-6-7-11(3,4)12/h10H,6-9,12H2,1-5H3. The largest absolute Gasteiger partial charge is 0.326 e. The van der Waals surface area contributed by atoms with Gasteiger partial charge in [-0.3, -0.25) is 0 Å². The van der Waals surface area contributed by atoms with Gasteiger partial charge in [-0.1, -0.05) is 13.8 Å². The molecule has 0 saturated carbocycles. The molecule has 0 aromatic carbocycles. The highest BCUT2D eigenvalue weighted by Crippen LogP contribution is 2.07. The molecule has 0 aliphatic rings. The fourth-order valence-electron chi connectivity index (χ4n) is 1.52. The van der Waals surface area contributed by atoms with Crippen LogP contribution in [0.4, 0.5) is 0 Å². The molecular formula is C11H26N2. The summed E-state index contributed by atoms with van der Waals surface area (Å²) in [5, 5.41) is 0. The molecule has 2 nitrogen and oxygen atoms in total. The fraction of sp³-hybridized carbons (Fsp3) is 1.00. The van der Waals surface area contributed by atoms with Crippen molar-refractivity contribution in [3.05, 3.63) is 0 Å². The minimum atomic E-state index is -0.00132. The second-order valence-electron chi connectivity index (χ2n) is 5.25. The van der Waals surface area contributed by atoms with Gasteiger partial charge in [0.2, 0.25) is 0 Å². The van der Waals surface area contributed by atoms with Crippen molar-refractivity contribution in [1.29, 1.82) is 0 Å². The molecule has 0 atom stereocenters. The molecule has 0 unspecified atom stereocenters. The molecule has 0 radical (unpaired) electrons. The highest BCUT2D eigenvalue weighted by atomic mass is 15.1. The first kappa shape index (κ1) is 12.9. The summed E-state index contributed by atoms with van der Waals surface area (Å²) in [6, 6.07) is 0. The van der Waals surface area contributed by atoms with Gasteiger partial charge < -0.3 is 10.6 Å². The van der Waals surface area contributed by atoms with Crippen LogP contribution in [-0.4, -0.2) is 30.6 Å². The van der Waals surface area contributed by atoms with E-state index in [0.29, 0.717) is 0 Å². The molecule has 0 aromatic rings. The number of hydrogen-bond donors (Lipinski definition) is 1.